The molecule has 2 heterocycles. The third kappa shape index (κ3) is 2.78. The SMILES string of the molecule is CN(C)C(=O)COC1CSC2(C1)CN(C1CCC1)C2. The number of likely N-dealkylation sites (N-methyl/N-ethyl adjacent to an activating group) is 1. The van der Waals surface area contributed by atoms with E-state index in [0.717, 1.165) is 18.2 Å². The molecule has 19 heavy (non-hydrogen) atoms. The first-order chi connectivity index (χ1) is 9.08. The maximum Gasteiger partial charge on any atom is 0.248 e. The van der Waals surface area contributed by atoms with Gasteiger partial charge in [-0.2, -0.15) is 0 Å². The van der Waals surface area contributed by atoms with Crippen molar-refractivity contribution in [3.8, 4) is 0 Å². The number of likely N-dealkylation sites (tertiary alicyclic amines) is 1. The predicted molar refractivity (Wildman–Crippen MR) is 77.5 cm³/mol. The van der Waals surface area contributed by atoms with E-state index in [4.69, 9.17) is 4.74 Å². The van der Waals surface area contributed by atoms with E-state index < -0.39 is 0 Å². The van der Waals surface area contributed by atoms with Gasteiger partial charge in [-0.1, -0.05) is 6.42 Å². The second-order valence-corrected chi connectivity index (χ2v) is 7.90. The van der Waals surface area contributed by atoms with Crippen molar-refractivity contribution in [1.82, 2.24) is 9.80 Å². The van der Waals surface area contributed by atoms with Crippen LogP contribution in [-0.4, -0.2) is 72.1 Å². The van der Waals surface area contributed by atoms with Gasteiger partial charge in [-0.05, 0) is 19.3 Å². The molecular formula is C14H24N2O2S. The molecule has 3 rings (SSSR count). The highest BCUT2D eigenvalue weighted by Gasteiger charge is 2.51. The Morgan fingerprint density at radius 3 is 2.74 bits per heavy atom. The molecule has 1 saturated carbocycles. The second-order valence-electron chi connectivity index (χ2n) is 6.41. The van der Waals surface area contributed by atoms with Crippen molar-refractivity contribution in [3.63, 3.8) is 0 Å². The lowest BCUT2D eigenvalue weighted by atomic mass is 9.84. The van der Waals surface area contributed by atoms with E-state index in [0.29, 0.717) is 4.75 Å². The highest BCUT2D eigenvalue weighted by molar-refractivity contribution is 8.01. The fraction of sp³-hybridized carbons (Fsp3) is 0.929. The molecule has 108 valence electrons. The summed E-state index contributed by atoms with van der Waals surface area (Å²) < 4.78 is 6.21. The fourth-order valence-electron chi connectivity index (χ4n) is 3.15. The van der Waals surface area contributed by atoms with E-state index in [1.54, 1.807) is 19.0 Å². The van der Waals surface area contributed by atoms with Crippen molar-refractivity contribution in [2.75, 3.05) is 39.5 Å². The van der Waals surface area contributed by atoms with Gasteiger partial charge in [0, 0.05) is 43.7 Å². The highest BCUT2D eigenvalue weighted by atomic mass is 32.2. The molecule has 3 aliphatic rings. The van der Waals surface area contributed by atoms with Crippen LogP contribution in [0, 0.1) is 0 Å². The monoisotopic (exact) mass is 284 g/mol. The molecule has 2 aliphatic heterocycles. The minimum atomic E-state index is 0.0654. The van der Waals surface area contributed by atoms with E-state index in [-0.39, 0.29) is 18.6 Å². The molecular weight excluding hydrogens is 260 g/mol. The lowest BCUT2D eigenvalue weighted by Crippen LogP contribution is -2.63. The maximum atomic E-state index is 11.5. The Morgan fingerprint density at radius 2 is 2.16 bits per heavy atom. The lowest BCUT2D eigenvalue weighted by molar-refractivity contribution is -0.135. The van der Waals surface area contributed by atoms with Gasteiger partial charge < -0.3 is 9.64 Å². The molecule has 0 N–H and O–H groups in total. The number of hydrogen-bond donors (Lipinski definition) is 0. The molecule has 1 amide bonds. The first-order valence-electron chi connectivity index (χ1n) is 7.28. The summed E-state index contributed by atoms with van der Waals surface area (Å²) in [5.74, 6) is 1.12. The summed E-state index contributed by atoms with van der Waals surface area (Å²) in [6, 6.07) is 0.876. The predicted octanol–water partition coefficient (Wildman–Crippen LogP) is 1.20. The van der Waals surface area contributed by atoms with Crippen molar-refractivity contribution in [3.05, 3.63) is 0 Å². The normalized spacial score (nSPS) is 30.1. The van der Waals surface area contributed by atoms with Crippen LogP contribution in [0.25, 0.3) is 0 Å². The molecule has 0 radical (unpaired) electrons. The number of nitrogens with zero attached hydrogens (tertiary/aromatic N) is 2. The second kappa shape index (κ2) is 5.26. The number of thioether (sulfide) groups is 1. The minimum absolute atomic E-state index is 0.0654. The topological polar surface area (TPSA) is 32.8 Å². The van der Waals surface area contributed by atoms with Crippen LogP contribution in [-0.2, 0) is 9.53 Å². The Morgan fingerprint density at radius 1 is 1.42 bits per heavy atom. The summed E-state index contributed by atoms with van der Waals surface area (Å²) in [5.41, 5.74) is 0. The van der Waals surface area contributed by atoms with Gasteiger partial charge in [-0.3, -0.25) is 9.69 Å². The zero-order chi connectivity index (χ0) is 13.5. The first kappa shape index (κ1) is 13.7. The smallest absolute Gasteiger partial charge is 0.248 e. The van der Waals surface area contributed by atoms with Crippen molar-refractivity contribution in [2.24, 2.45) is 0 Å². The van der Waals surface area contributed by atoms with E-state index in [1.807, 2.05) is 0 Å². The number of rotatable bonds is 4. The van der Waals surface area contributed by atoms with Crippen LogP contribution in [0.1, 0.15) is 25.7 Å². The minimum Gasteiger partial charge on any atom is -0.367 e. The lowest BCUT2D eigenvalue weighted by Gasteiger charge is -2.53. The van der Waals surface area contributed by atoms with Crippen molar-refractivity contribution < 1.29 is 9.53 Å². The molecule has 4 nitrogen and oxygen atoms in total. The molecule has 0 aromatic rings. The Hall–Kier alpha value is -0.260. The number of carbonyl (C=O) groups excluding carboxylic acids is 1. The largest absolute Gasteiger partial charge is 0.367 e. The van der Waals surface area contributed by atoms with Gasteiger partial charge in [0.1, 0.15) is 6.61 Å². The standard InChI is InChI=1S/C14H24N2O2S/c1-15(2)13(17)7-18-12-6-14(19-8-12)9-16(10-14)11-4-3-5-11/h11-12H,3-10H2,1-2H3. The highest BCUT2D eigenvalue weighted by Crippen LogP contribution is 2.48. The third-order valence-electron chi connectivity index (χ3n) is 4.69. The van der Waals surface area contributed by atoms with Gasteiger partial charge in [0.15, 0.2) is 0 Å². The first-order valence-corrected chi connectivity index (χ1v) is 8.26. The van der Waals surface area contributed by atoms with Crippen LogP contribution < -0.4 is 0 Å². The summed E-state index contributed by atoms with van der Waals surface area (Å²) in [5, 5.41) is 0. The molecule has 1 spiro atoms. The van der Waals surface area contributed by atoms with Gasteiger partial charge in [0.2, 0.25) is 5.91 Å². The quantitative estimate of drug-likeness (QED) is 0.777. The average molecular weight is 284 g/mol. The fourth-order valence-corrected chi connectivity index (χ4v) is 4.72. The van der Waals surface area contributed by atoms with E-state index in [1.165, 1.54) is 32.4 Å². The number of amides is 1. The molecule has 1 aliphatic carbocycles. The zero-order valence-corrected chi connectivity index (χ0v) is 12.7. The van der Waals surface area contributed by atoms with Gasteiger partial charge in [-0.15, -0.1) is 11.8 Å². The Kier molecular flexibility index (Phi) is 3.80. The van der Waals surface area contributed by atoms with E-state index >= 15 is 0 Å². The number of ether oxygens (including phenoxy) is 1. The van der Waals surface area contributed by atoms with Crippen LogP contribution in [0.3, 0.4) is 0 Å². The molecule has 1 atom stereocenters. The Labute approximate surface area is 119 Å². The molecule has 0 aromatic carbocycles. The Balaban J connectivity index is 1.40. The van der Waals surface area contributed by atoms with Crippen LogP contribution in [0.5, 0.6) is 0 Å². The van der Waals surface area contributed by atoms with Gasteiger partial charge in [-0.25, -0.2) is 0 Å². The average Bonchev–Trinajstić information content (AvgIpc) is 2.67. The summed E-state index contributed by atoms with van der Waals surface area (Å²) >= 11 is 2.06. The van der Waals surface area contributed by atoms with Crippen LogP contribution in [0.2, 0.25) is 0 Å². The van der Waals surface area contributed by atoms with Gasteiger partial charge in [0.05, 0.1) is 6.10 Å². The van der Waals surface area contributed by atoms with Crippen LogP contribution >= 0.6 is 11.8 Å². The molecule has 5 heteroatoms. The zero-order valence-electron chi connectivity index (χ0n) is 11.9. The summed E-state index contributed by atoms with van der Waals surface area (Å²) in [6.45, 7) is 2.72. The number of carbonyl (C=O) groups is 1. The summed E-state index contributed by atoms with van der Waals surface area (Å²) in [6.07, 6.45) is 5.62. The van der Waals surface area contributed by atoms with E-state index in [9.17, 15) is 4.79 Å². The van der Waals surface area contributed by atoms with Crippen molar-refractivity contribution >= 4 is 17.7 Å². The van der Waals surface area contributed by atoms with Crippen LogP contribution in [0.15, 0.2) is 0 Å². The summed E-state index contributed by atoms with van der Waals surface area (Å²) in [7, 11) is 3.55. The maximum absolute atomic E-state index is 11.5. The van der Waals surface area contributed by atoms with Crippen molar-refractivity contribution in [1.29, 1.82) is 0 Å². The third-order valence-corrected chi connectivity index (χ3v) is 6.27. The molecule has 0 bridgehead atoms. The van der Waals surface area contributed by atoms with E-state index in [2.05, 4.69) is 16.7 Å². The van der Waals surface area contributed by atoms with Gasteiger partial charge in [0.25, 0.3) is 0 Å². The molecule has 3 fully saturated rings. The molecule has 0 aromatic heterocycles. The van der Waals surface area contributed by atoms with Crippen molar-refractivity contribution in [2.45, 2.75) is 42.6 Å². The van der Waals surface area contributed by atoms with Gasteiger partial charge >= 0.3 is 0 Å². The molecule has 1 unspecified atom stereocenters. The van der Waals surface area contributed by atoms with Crippen LogP contribution in [0.4, 0.5) is 0 Å². The Bertz CT molecular complexity index is 351. The summed E-state index contributed by atoms with van der Waals surface area (Å²) in [4.78, 5) is 15.8. The number of hydrogen-bond acceptors (Lipinski definition) is 4. The molecule has 2 saturated heterocycles.